The van der Waals surface area contributed by atoms with E-state index in [1.807, 2.05) is 13.8 Å². The third-order valence-electron chi connectivity index (χ3n) is 2.38. The average molecular weight is 222 g/mol. The zero-order valence-electron chi connectivity index (χ0n) is 9.73. The molecular weight excluding hydrogens is 204 g/mol. The first-order valence-corrected chi connectivity index (χ1v) is 5.41. The normalized spacial score (nSPS) is 9.88. The Morgan fingerprint density at radius 2 is 2.19 bits per heavy atom. The van der Waals surface area contributed by atoms with Crippen LogP contribution in [0.4, 0.5) is 11.5 Å². The number of likely N-dealkylation sites (N-methyl/N-ethyl adjacent to an activating group) is 1. The number of hydrogen-bond donors (Lipinski definition) is 2. The van der Waals surface area contributed by atoms with Gasteiger partial charge in [-0.25, -0.2) is 4.98 Å². The zero-order chi connectivity index (χ0) is 12.0. The topological polar surface area (TPSA) is 71.2 Å². The lowest BCUT2D eigenvalue weighted by atomic mass is 10.3. The highest BCUT2D eigenvalue weighted by Crippen LogP contribution is 2.12. The number of carbonyl (C=O) groups excluding carboxylic acids is 1. The van der Waals surface area contributed by atoms with Crippen LogP contribution in [0.2, 0.25) is 0 Å². The van der Waals surface area contributed by atoms with Crippen molar-refractivity contribution in [2.75, 3.05) is 30.7 Å². The van der Waals surface area contributed by atoms with Gasteiger partial charge in [0.25, 0.3) is 0 Å². The fourth-order valence-corrected chi connectivity index (χ4v) is 1.43. The van der Waals surface area contributed by atoms with E-state index in [2.05, 4.69) is 10.3 Å². The van der Waals surface area contributed by atoms with Crippen LogP contribution in [0.1, 0.15) is 13.8 Å². The number of nitrogens with zero attached hydrogens (tertiary/aromatic N) is 2. The number of anilines is 2. The number of hydrogen-bond acceptors (Lipinski definition) is 4. The molecule has 0 spiro atoms. The maximum Gasteiger partial charge on any atom is 0.241 e. The van der Waals surface area contributed by atoms with Crippen molar-refractivity contribution in [2.45, 2.75) is 13.8 Å². The van der Waals surface area contributed by atoms with Gasteiger partial charge in [0.1, 0.15) is 5.82 Å². The van der Waals surface area contributed by atoms with Gasteiger partial charge in [0.05, 0.1) is 12.2 Å². The minimum Gasteiger partial charge on any atom is -0.382 e. The minimum atomic E-state index is 0.0632. The maximum absolute atomic E-state index is 11.7. The summed E-state index contributed by atoms with van der Waals surface area (Å²) in [6.45, 7) is 5.61. The Morgan fingerprint density at radius 1 is 1.50 bits per heavy atom. The summed E-state index contributed by atoms with van der Waals surface area (Å²) in [5.41, 5.74) is 6.35. The van der Waals surface area contributed by atoms with Crippen LogP contribution in [0.25, 0.3) is 0 Å². The molecule has 3 N–H and O–H groups in total. The zero-order valence-corrected chi connectivity index (χ0v) is 9.73. The number of rotatable bonds is 5. The van der Waals surface area contributed by atoms with Crippen LogP contribution in [0.3, 0.4) is 0 Å². The van der Waals surface area contributed by atoms with Crippen molar-refractivity contribution in [3.8, 4) is 0 Å². The molecule has 0 saturated heterocycles. The van der Waals surface area contributed by atoms with Gasteiger partial charge in [0.15, 0.2) is 0 Å². The monoisotopic (exact) mass is 222 g/mol. The van der Waals surface area contributed by atoms with Crippen LogP contribution in [0.5, 0.6) is 0 Å². The van der Waals surface area contributed by atoms with E-state index in [0.717, 1.165) is 13.1 Å². The lowest BCUT2D eigenvalue weighted by Gasteiger charge is -2.19. The van der Waals surface area contributed by atoms with Crippen LogP contribution in [0.15, 0.2) is 18.3 Å². The molecule has 16 heavy (non-hydrogen) atoms. The van der Waals surface area contributed by atoms with E-state index in [-0.39, 0.29) is 12.5 Å². The summed E-state index contributed by atoms with van der Waals surface area (Å²) in [4.78, 5) is 17.4. The van der Waals surface area contributed by atoms with Crippen molar-refractivity contribution in [2.24, 2.45) is 0 Å². The third-order valence-corrected chi connectivity index (χ3v) is 2.38. The fourth-order valence-electron chi connectivity index (χ4n) is 1.43. The van der Waals surface area contributed by atoms with Gasteiger partial charge in [-0.15, -0.1) is 0 Å². The van der Waals surface area contributed by atoms with Crippen LogP contribution < -0.4 is 11.1 Å². The number of pyridine rings is 1. The molecule has 0 radical (unpaired) electrons. The van der Waals surface area contributed by atoms with Gasteiger partial charge in [-0.2, -0.15) is 0 Å². The molecule has 0 aliphatic heterocycles. The second-order valence-electron chi connectivity index (χ2n) is 3.36. The van der Waals surface area contributed by atoms with Gasteiger partial charge in [-0.1, -0.05) is 0 Å². The molecule has 1 rings (SSSR count). The Bertz CT molecular complexity index is 350. The fraction of sp³-hybridized carbons (Fsp3) is 0.455. The summed E-state index contributed by atoms with van der Waals surface area (Å²) >= 11 is 0. The highest BCUT2D eigenvalue weighted by molar-refractivity contribution is 5.81. The standard InChI is InChI=1S/C11H18N4O/c1-3-15(4-2)10(16)8-14-9-6-5-7-13-11(9)12/h5-7,14H,3-4,8H2,1-2H3,(H2,12,13). The van der Waals surface area contributed by atoms with Gasteiger partial charge in [-0.05, 0) is 26.0 Å². The lowest BCUT2D eigenvalue weighted by Crippen LogP contribution is -2.35. The second kappa shape index (κ2) is 5.95. The van der Waals surface area contributed by atoms with Gasteiger partial charge in [0.2, 0.25) is 5.91 Å². The Hall–Kier alpha value is -1.78. The molecule has 0 aromatic carbocycles. The molecule has 0 aliphatic carbocycles. The molecule has 5 nitrogen and oxygen atoms in total. The van der Waals surface area contributed by atoms with Gasteiger partial charge < -0.3 is 16.0 Å². The molecule has 88 valence electrons. The van der Waals surface area contributed by atoms with Crippen LogP contribution in [-0.4, -0.2) is 35.4 Å². The summed E-state index contributed by atoms with van der Waals surface area (Å²) in [6.07, 6.45) is 1.62. The molecule has 0 aliphatic rings. The summed E-state index contributed by atoms with van der Waals surface area (Å²) in [5, 5.41) is 2.98. The van der Waals surface area contributed by atoms with Crippen molar-refractivity contribution in [1.29, 1.82) is 0 Å². The first-order chi connectivity index (χ1) is 7.69. The van der Waals surface area contributed by atoms with Crippen LogP contribution in [0, 0.1) is 0 Å². The summed E-state index contributed by atoms with van der Waals surface area (Å²) < 4.78 is 0. The quantitative estimate of drug-likeness (QED) is 0.778. The minimum absolute atomic E-state index is 0.0632. The van der Waals surface area contributed by atoms with Gasteiger partial charge in [0, 0.05) is 19.3 Å². The largest absolute Gasteiger partial charge is 0.382 e. The summed E-state index contributed by atoms with van der Waals surface area (Å²) in [7, 11) is 0. The van der Waals surface area contributed by atoms with Gasteiger partial charge >= 0.3 is 0 Å². The smallest absolute Gasteiger partial charge is 0.241 e. The number of carbonyl (C=O) groups is 1. The molecular formula is C11H18N4O. The molecule has 0 unspecified atom stereocenters. The molecule has 0 fully saturated rings. The molecule has 0 bridgehead atoms. The van der Waals surface area contributed by atoms with Crippen LogP contribution >= 0.6 is 0 Å². The predicted octanol–water partition coefficient (Wildman–Crippen LogP) is 0.944. The number of nitrogen functional groups attached to an aromatic ring is 1. The molecule has 1 aromatic rings. The van der Waals surface area contributed by atoms with E-state index >= 15 is 0 Å². The SMILES string of the molecule is CCN(CC)C(=O)CNc1cccnc1N. The van der Waals surface area contributed by atoms with E-state index < -0.39 is 0 Å². The Kier molecular flexibility index (Phi) is 4.57. The molecule has 1 amide bonds. The van der Waals surface area contributed by atoms with Crippen molar-refractivity contribution >= 4 is 17.4 Å². The second-order valence-corrected chi connectivity index (χ2v) is 3.36. The predicted molar refractivity (Wildman–Crippen MR) is 65.1 cm³/mol. The van der Waals surface area contributed by atoms with E-state index in [4.69, 9.17) is 5.73 Å². The van der Waals surface area contributed by atoms with E-state index in [1.165, 1.54) is 0 Å². The number of nitrogens with one attached hydrogen (secondary N) is 1. The Labute approximate surface area is 95.7 Å². The number of aromatic nitrogens is 1. The first kappa shape index (κ1) is 12.3. The first-order valence-electron chi connectivity index (χ1n) is 5.41. The number of nitrogens with two attached hydrogens (primary N) is 1. The van der Waals surface area contributed by atoms with Crippen molar-refractivity contribution in [3.63, 3.8) is 0 Å². The molecule has 5 heteroatoms. The van der Waals surface area contributed by atoms with Gasteiger partial charge in [-0.3, -0.25) is 4.79 Å². The van der Waals surface area contributed by atoms with E-state index in [1.54, 1.807) is 23.2 Å². The van der Waals surface area contributed by atoms with Crippen molar-refractivity contribution in [3.05, 3.63) is 18.3 Å². The number of amides is 1. The molecule has 0 atom stereocenters. The Balaban J connectivity index is 2.52. The summed E-state index contributed by atoms with van der Waals surface area (Å²) in [5.74, 6) is 0.475. The maximum atomic E-state index is 11.7. The summed E-state index contributed by atoms with van der Waals surface area (Å²) in [6, 6.07) is 3.58. The lowest BCUT2D eigenvalue weighted by molar-refractivity contribution is -0.128. The van der Waals surface area contributed by atoms with Crippen molar-refractivity contribution < 1.29 is 4.79 Å². The third kappa shape index (κ3) is 3.12. The van der Waals surface area contributed by atoms with E-state index in [9.17, 15) is 4.79 Å². The average Bonchev–Trinajstić information content (AvgIpc) is 2.29. The van der Waals surface area contributed by atoms with Crippen molar-refractivity contribution in [1.82, 2.24) is 9.88 Å². The highest BCUT2D eigenvalue weighted by Gasteiger charge is 2.09. The molecule has 0 saturated carbocycles. The van der Waals surface area contributed by atoms with Crippen LogP contribution in [-0.2, 0) is 4.79 Å². The Morgan fingerprint density at radius 3 is 2.75 bits per heavy atom. The molecule has 1 heterocycles. The van der Waals surface area contributed by atoms with E-state index in [0.29, 0.717) is 11.5 Å². The molecule has 1 aromatic heterocycles. The highest BCUT2D eigenvalue weighted by atomic mass is 16.2.